The van der Waals surface area contributed by atoms with Crippen molar-refractivity contribution < 1.29 is 9.53 Å². The molecule has 1 aliphatic rings. The molecule has 0 radical (unpaired) electrons. The lowest BCUT2D eigenvalue weighted by molar-refractivity contribution is -0.140. The Morgan fingerprint density at radius 2 is 1.88 bits per heavy atom. The van der Waals surface area contributed by atoms with Crippen molar-refractivity contribution in [3.8, 4) is 11.3 Å². The number of ether oxygens (including phenoxy) is 1. The van der Waals surface area contributed by atoms with Gasteiger partial charge in [0.25, 0.3) is 0 Å². The van der Waals surface area contributed by atoms with Crippen molar-refractivity contribution in [1.82, 2.24) is 14.9 Å². The molecule has 0 N–H and O–H groups in total. The number of rotatable bonds is 4. The van der Waals surface area contributed by atoms with Crippen LogP contribution in [0.15, 0.2) is 41.6 Å². The number of aryl methyl sites for hydroxylation is 1. The molecule has 2 heterocycles. The van der Waals surface area contributed by atoms with Crippen LogP contribution in [-0.4, -0.2) is 51.8 Å². The fourth-order valence-electron chi connectivity index (χ4n) is 2.96. The summed E-state index contributed by atoms with van der Waals surface area (Å²) in [5.41, 5.74) is 2.84. The van der Waals surface area contributed by atoms with Gasteiger partial charge in [0.1, 0.15) is 0 Å². The number of thioether (sulfide) groups is 1. The van der Waals surface area contributed by atoms with E-state index in [2.05, 4.69) is 9.97 Å². The van der Waals surface area contributed by atoms with Crippen LogP contribution in [-0.2, 0) is 9.53 Å². The Bertz CT molecular complexity index is 729. The summed E-state index contributed by atoms with van der Waals surface area (Å²) < 4.78 is 5.68. The van der Waals surface area contributed by atoms with Crippen LogP contribution < -0.4 is 0 Å². The molecule has 1 aromatic heterocycles. The molecule has 1 fully saturated rings. The summed E-state index contributed by atoms with van der Waals surface area (Å²) >= 11 is 1.39. The van der Waals surface area contributed by atoms with Gasteiger partial charge in [0, 0.05) is 24.3 Å². The summed E-state index contributed by atoms with van der Waals surface area (Å²) in [6.45, 7) is 7.24. The van der Waals surface area contributed by atoms with E-state index in [4.69, 9.17) is 4.74 Å². The molecule has 25 heavy (non-hydrogen) atoms. The normalized spacial score (nSPS) is 20.5. The monoisotopic (exact) mass is 357 g/mol. The van der Waals surface area contributed by atoms with Crippen LogP contribution in [0.5, 0.6) is 0 Å². The molecule has 0 aliphatic carbocycles. The zero-order valence-electron chi connectivity index (χ0n) is 14.8. The first-order valence-electron chi connectivity index (χ1n) is 8.48. The lowest BCUT2D eigenvalue weighted by Gasteiger charge is -2.35. The van der Waals surface area contributed by atoms with Gasteiger partial charge in [0.2, 0.25) is 5.91 Å². The zero-order valence-corrected chi connectivity index (χ0v) is 15.6. The van der Waals surface area contributed by atoms with Gasteiger partial charge in [0.05, 0.1) is 23.7 Å². The number of benzene rings is 1. The van der Waals surface area contributed by atoms with Gasteiger partial charge in [-0.3, -0.25) is 4.79 Å². The third kappa shape index (κ3) is 4.80. The highest BCUT2D eigenvalue weighted by Gasteiger charge is 2.25. The predicted octanol–water partition coefficient (Wildman–Crippen LogP) is 3.18. The second kappa shape index (κ2) is 7.97. The fourth-order valence-corrected chi connectivity index (χ4v) is 3.77. The number of hydrogen-bond donors (Lipinski definition) is 0. The molecule has 132 valence electrons. The minimum Gasteiger partial charge on any atom is -0.372 e. The number of carbonyl (C=O) groups is 1. The van der Waals surface area contributed by atoms with E-state index in [0.717, 1.165) is 17.0 Å². The molecule has 1 aromatic carbocycles. The molecule has 1 saturated heterocycles. The molecule has 2 atom stereocenters. The van der Waals surface area contributed by atoms with Crippen molar-refractivity contribution in [3.63, 3.8) is 0 Å². The summed E-state index contributed by atoms with van der Waals surface area (Å²) in [6.07, 6.45) is 0.162. The largest absolute Gasteiger partial charge is 0.372 e. The second-order valence-electron chi connectivity index (χ2n) is 6.39. The second-order valence-corrected chi connectivity index (χ2v) is 7.33. The molecule has 0 unspecified atom stereocenters. The number of carbonyl (C=O) groups excluding carboxylic acids is 1. The van der Waals surface area contributed by atoms with E-state index in [1.807, 2.05) is 62.1 Å². The molecule has 6 heteroatoms. The van der Waals surface area contributed by atoms with E-state index in [9.17, 15) is 4.79 Å². The summed E-state index contributed by atoms with van der Waals surface area (Å²) in [6, 6.07) is 12.0. The standard InChI is InChI=1S/C19H23N3O2S/c1-13-9-17(16-7-5-4-6-8-16)21-19(20-13)25-12-18(23)22-10-14(2)24-15(3)11-22/h4-9,14-15H,10-12H2,1-3H3/t14-,15-/m0/s1. The van der Waals surface area contributed by atoms with E-state index in [1.54, 1.807) is 0 Å². The van der Waals surface area contributed by atoms with Crippen LogP contribution >= 0.6 is 11.8 Å². The van der Waals surface area contributed by atoms with E-state index in [0.29, 0.717) is 24.0 Å². The van der Waals surface area contributed by atoms with Crippen molar-refractivity contribution in [2.75, 3.05) is 18.8 Å². The van der Waals surface area contributed by atoms with Crippen molar-refractivity contribution in [1.29, 1.82) is 0 Å². The fraction of sp³-hybridized carbons (Fsp3) is 0.421. The van der Waals surface area contributed by atoms with Crippen LogP contribution in [0, 0.1) is 6.92 Å². The third-order valence-corrected chi connectivity index (χ3v) is 4.83. The average molecular weight is 357 g/mol. The Balaban J connectivity index is 1.67. The maximum Gasteiger partial charge on any atom is 0.233 e. The van der Waals surface area contributed by atoms with Gasteiger partial charge in [-0.15, -0.1) is 0 Å². The molecule has 2 aromatic rings. The van der Waals surface area contributed by atoms with Crippen molar-refractivity contribution in [2.24, 2.45) is 0 Å². The number of nitrogens with zero attached hydrogens (tertiary/aromatic N) is 3. The third-order valence-electron chi connectivity index (χ3n) is 4.00. The van der Waals surface area contributed by atoms with Crippen molar-refractivity contribution >= 4 is 17.7 Å². The quantitative estimate of drug-likeness (QED) is 0.621. The Morgan fingerprint density at radius 3 is 2.56 bits per heavy atom. The van der Waals surface area contributed by atoms with Gasteiger partial charge < -0.3 is 9.64 Å². The van der Waals surface area contributed by atoms with Gasteiger partial charge in [0.15, 0.2) is 5.16 Å². The molecule has 3 rings (SSSR count). The average Bonchev–Trinajstić information content (AvgIpc) is 2.59. The minimum atomic E-state index is 0.0811. The van der Waals surface area contributed by atoms with Gasteiger partial charge in [-0.05, 0) is 26.8 Å². The van der Waals surface area contributed by atoms with Crippen molar-refractivity contribution in [2.45, 2.75) is 38.1 Å². The lowest BCUT2D eigenvalue weighted by Crippen LogP contribution is -2.48. The molecule has 1 aliphatic heterocycles. The molecule has 5 nitrogen and oxygen atoms in total. The number of hydrogen-bond acceptors (Lipinski definition) is 5. The molecule has 0 bridgehead atoms. The van der Waals surface area contributed by atoms with Crippen LogP contribution in [0.3, 0.4) is 0 Å². The maximum atomic E-state index is 12.5. The number of aromatic nitrogens is 2. The first kappa shape index (κ1) is 17.9. The number of morpholine rings is 1. The summed E-state index contributed by atoms with van der Waals surface area (Å²) in [4.78, 5) is 23.4. The van der Waals surface area contributed by atoms with Crippen LogP contribution in [0.4, 0.5) is 0 Å². The van der Waals surface area contributed by atoms with E-state index >= 15 is 0 Å². The topological polar surface area (TPSA) is 55.3 Å². The smallest absolute Gasteiger partial charge is 0.233 e. The maximum absolute atomic E-state index is 12.5. The molecule has 0 spiro atoms. The Labute approximate surface area is 152 Å². The van der Waals surface area contributed by atoms with E-state index in [1.165, 1.54) is 11.8 Å². The zero-order chi connectivity index (χ0) is 17.8. The van der Waals surface area contributed by atoms with Gasteiger partial charge in [-0.2, -0.15) is 0 Å². The number of amides is 1. The Hall–Kier alpha value is -1.92. The molecule has 0 saturated carbocycles. The van der Waals surface area contributed by atoms with Crippen LogP contribution in [0.25, 0.3) is 11.3 Å². The van der Waals surface area contributed by atoms with Crippen molar-refractivity contribution in [3.05, 3.63) is 42.1 Å². The van der Waals surface area contributed by atoms with Gasteiger partial charge >= 0.3 is 0 Å². The Morgan fingerprint density at radius 1 is 1.20 bits per heavy atom. The SMILES string of the molecule is Cc1cc(-c2ccccc2)nc(SCC(=O)N2C[C@H](C)O[C@@H](C)C2)n1. The highest BCUT2D eigenvalue weighted by molar-refractivity contribution is 7.99. The predicted molar refractivity (Wildman–Crippen MR) is 99.5 cm³/mol. The van der Waals surface area contributed by atoms with E-state index < -0.39 is 0 Å². The van der Waals surface area contributed by atoms with Crippen LogP contribution in [0.2, 0.25) is 0 Å². The Kier molecular flexibility index (Phi) is 5.71. The first-order chi connectivity index (χ1) is 12.0. The highest BCUT2D eigenvalue weighted by atomic mass is 32.2. The first-order valence-corrected chi connectivity index (χ1v) is 9.47. The lowest BCUT2D eigenvalue weighted by atomic mass is 10.1. The highest BCUT2D eigenvalue weighted by Crippen LogP contribution is 2.22. The summed E-state index contributed by atoms with van der Waals surface area (Å²) in [5, 5.41) is 0.640. The van der Waals surface area contributed by atoms with Gasteiger partial charge in [-0.25, -0.2) is 9.97 Å². The summed E-state index contributed by atoms with van der Waals surface area (Å²) in [7, 11) is 0. The van der Waals surface area contributed by atoms with Gasteiger partial charge in [-0.1, -0.05) is 42.1 Å². The van der Waals surface area contributed by atoms with Crippen LogP contribution in [0.1, 0.15) is 19.5 Å². The van der Waals surface area contributed by atoms with E-state index in [-0.39, 0.29) is 18.1 Å². The summed E-state index contributed by atoms with van der Waals surface area (Å²) in [5.74, 6) is 0.454. The molecule has 1 amide bonds. The molecular formula is C19H23N3O2S. The molecular weight excluding hydrogens is 334 g/mol. The minimum absolute atomic E-state index is 0.0811.